The largest absolute Gasteiger partial charge is 0.461 e. The molecule has 1 aliphatic heterocycles. The first-order valence-corrected chi connectivity index (χ1v) is 8.42. The van der Waals surface area contributed by atoms with Crippen LogP contribution in [0.3, 0.4) is 0 Å². The van der Waals surface area contributed by atoms with Crippen LogP contribution < -0.4 is 10.5 Å². The van der Waals surface area contributed by atoms with Gasteiger partial charge >= 0.3 is 0 Å². The third kappa shape index (κ3) is 3.36. The number of Topliss-reactive ketones (excluding diaryl/α,β-unsaturated/α-hetero) is 1. The highest BCUT2D eigenvalue weighted by Crippen LogP contribution is 2.20. The second-order valence-electron chi connectivity index (χ2n) is 6.08. The number of carbonyl (C=O) groups is 1. The van der Waals surface area contributed by atoms with Crippen molar-refractivity contribution in [2.45, 2.75) is 6.10 Å². The topological polar surface area (TPSA) is 103 Å². The number of ketones is 1. The molecule has 4 heterocycles. The Morgan fingerprint density at radius 2 is 2.19 bits per heavy atom. The van der Waals surface area contributed by atoms with Crippen LogP contribution in [-0.4, -0.2) is 51.1 Å². The number of aromatic nitrogens is 4. The third-order valence-electron chi connectivity index (χ3n) is 4.36. The Balaban J connectivity index is 1.65. The lowest BCUT2D eigenvalue weighted by Gasteiger charge is -2.33. The van der Waals surface area contributed by atoms with Crippen molar-refractivity contribution in [3.8, 4) is 11.4 Å². The van der Waals surface area contributed by atoms with Crippen LogP contribution in [-0.2, 0) is 11.8 Å². The molecule has 0 aliphatic carbocycles. The monoisotopic (exact) mass is 367 g/mol. The molecule has 0 spiro atoms. The van der Waals surface area contributed by atoms with Gasteiger partial charge in [0.1, 0.15) is 12.4 Å². The maximum Gasteiger partial charge on any atom is 0.255 e. The molecule has 1 fully saturated rings. The second-order valence-corrected chi connectivity index (χ2v) is 6.08. The van der Waals surface area contributed by atoms with Crippen molar-refractivity contribution in [3.63, 3.8) is 0 Å². The summed E-state index contributed by atoms with van der Waals surface area (Å²) in [5.41, 5.74) is 0.797. The van der Waals surface area contributed by atoms with Crippen LogP contribution >= 0.6 is 0 Å². The van der Waals surface area contributed by atoms with Gasteiger partial charge in [0, 0.05) is 25.9 Å². The van der Waals surface area contributed by atoms with Gasteiger partial charge < -0.3 is 14.1 Å². The van der Waals surface area contributed by atoms with Crippen LogP contribution in [0.15, 0.2) is 52.3 Å². The van der Waals surface area contributed by atoms with Crippen LogP contribution in [0.2, 0.25) is 0 Å². The fraction of sp³-hybridized carbons (Fsp3) is 0.278. The molecule has 9 nitrogen and oxygen atoms in total. The maximum absolute atomic E-state index is 12.5. The Morgan fingerprint density at radius 1 is 1.30 bits per heavy atom. The molecule has 0 N–H and O–H groups in total. The summed E-state index contributed by atoms with van der Waals surface area (Å²) in [5.74, 6) is 0.469. The molecule has 0 saturated carbocycles. The molecule has 138 valence electrons. The van der Waals surface area contributed by atoms with Crippen molar-refractivity contribution < 1.29 is 13.9 Å². The molecule has 1 unspecified atom stereocenters. The summed E-state index contributed by atoms with van der Waals surface area (Å²) in [6.45, 7) is 1.12. The molecular formula is C18H17N5O4. The van der Waals surface area contributed by atoms with E-state index in [1.54, 1.807) is 31.4 Å². The molecule has 0 bridgehead atoms. The summed E-state index contributed by atoms with van der Waals surface area (Å²) in [6.07, 6.45) is 3.75. The van der Waals surface area contributed by atoms with Crippen molar-refractivity contribution in [2.24, 2.45) is 7.05 Å². The van der Waals surface area contributed by atoms with E-state index in [0.29, 0.717) is 30.5 Å². The maximum atomic E-state index is 12.5. The van der Waals surface area contributed by atoms with E-state index in [2.05, 4.69) is 15.0 Å². The van der Waals surface area contributed by atoms with Gasteiger partial charge in [-0.2, -0.15) is 0 Å². The van der Waals surface area contributed by atoms with Gasteiger partial charge in [-0.05, 0) is 18.2 Å². The lowest BCUT2D eigenvalue weighted by Crippen LogP contribution is -2.48. The first-order valence-electron chi connectivity index (χ1n) is 8.42. The molecule has 3 aromatic rings. The molecule has 4 rings (SSSR count). The van der Waals surface area contributed by atoms with Gasteiger partial charge in [-0.3, -0.25) is 14.2 Å². The number of ether oxygens (including phenoxy) is 1. The van der Waals surface area contributed by atoms with Crippen LogP contribution in [0.5, 0.6) is 0 Å². The van der Waals surface area contributed by atoms with E-state index >= 15 is 0 Å². The summed E-state index contributed by atoms with van der Waals surface area (Å²) >= 11 is 0. The standard InChI is InChI=1S/C18H17N5O4/c1-22-16(24)9-13(12-4-5-19-11-20-12)21-18(22)23-6-8-27-15(10-23)17(25)14-3-2-7-26-14/h2-5,7,9,11,15H,6,8,10H2,1H3. The van der Waals surface area contributed by atoms with Crippen molar-refractivity contribution in [3.05, 3.63) is 59.2 Å². The SMILES string of the molecule is Cn1c(N2CCOC(C(=O)c3ccco3)C2)nc(-c2ccncn2)cc1=O. The minimum atomic E-state index is -0.690. The fourth-order valence-electron chi connectivity index (χ4n) is 2.95. The number of nitrogens with zero attached hydrogens (tertiary/aromatic N) is 5. The lowest BCUT2D eigenvalue weighted by atomic mass is 10.1. The van der Waals surface area contributed by atoms with Gasteiger partial charge in [0.05, 0.1) is 30.8 Å². The highest BCUT2D eigenvalue weighted by Gasteiger charge is 2.30. The van der Waals surface area contributed by atoms with E-state index in [9.17, 15) is 9.59 Å². The molecule has 9 heteroatoms. The van der Waals surface area contributed by atoms with Crippen LogP contribution in [0.1, 0.15) is 10.6 Å². The minimum absolute atomic E-state index is 0.214. The van der Waals surface area contributed by atoms with Crippen LogP contribution in [0.25, 0.3) is 11.4 Å². The third-order valence-corrected chi connectivity index (χ3v) is 4.36. The Kier molecular flexibility index (Phi) is 4.51. The van der Waals surface area contributed by atoms with Crippen molar-refractivity contribution in [1.29, 1.82) is 0 Å². The van der Waals surface area contributed by atoms with Crippen LogP contribution in [0.4, 0.5) is 5.95 Å². The molecule has 1 atom stereocenters. The average Bonchev–Trinajstić information content (AvgIpc) is 3.25. The molecule has 0 aromatic carbocycles. The molecular weight excluding hydrogens is 350 g/mol. The summed E-state index contributed by atoms with van der Waals surface area (Å²) in [4.78, 5) is 39.4. The van der Waals surface area contributed by atoms with Gasteiger partial charge in [0.15, 0.2) is 5.76 Å². The first-order chi connectivity index (χ1) is 13.1. The van der Waals surface area contributed by atoms with Gasteiger partial charge in [0.25, 0.3) is 5.56 Å². The van der Waals surface area contributed by atoms with E-state index in [1.165, 1.54) is 23.2 Å². The first kappa shape index (κ1) is 17.1. The zero-order chi connectivity index (χ0) is 18.8. The molecule has 1 aliphatic rings. The Morgan fingerprint density at radius 3 is 2.93 bits per heavy atom. The summed E-state index contributed by atoms with van der Waals surface area (Å²) in [7, 11) is 1.65. The highest BCUT2D eigenvalue weighted by molar-refractivity contribution is 5.97. The van der Waals surface area contributed by atoms with Crippen molar-refractivity contribution >= 4 is 11.7 Å². The number of furan rings is 1. The van der Waals surface area contributed by atoms with Gasteiger partial charge in [-0.15, -0.1) is 0 Å². The average molecular weight is 367 g/mol. The van der Waals surface area contributed by atoms with Crippen molar-refractivity contribution in [2.75, 3.05) is 24.6 Å². The second kappa shape index (κ2) is 7.12. The number of hydrogen-bond donors (Lipinski definition) is 0. The van der Waals surface area contributed by atoms with E-state index < -0.39 is 6.10 Å². The molecule has 3 aromatic heterocycles. The van der Waals surface area contributed by atoms with E-state index in [-0.39, 0.29) is 23.6 Å². The number of rotatable bonds is 4. The minimum Gasteiger partial charge on any atom is -0.461 e. The van der Waals surface area contributed by atoms with Gasteiger partial charge in [-0.1, -0.05) is 0 Å². The van der Waals surface area contributed by atoms with E-state index in [1.807, 2.05) is 4.90 Å². The Labute approximate surface area is 154 Å². The van der Waals surface area contributed by atoms with E-state index in [4.69, 9.17) is 9.15 Å². The number of anilines is 1. The van der Waals surface area contributed by atoms with Crippen molar-refractivity contribution in [1.82, 2.24) is 19.5 Å². The van der Waals surface area contributed by atoms with Gasteiger partial charge in [0.2, 0.25) is 11.7 Å². The van der Waals surface area contributed by atoms with Crippen LogP contribution in [0, 0.1) is 0 Å². The predicted octanol–water partition coefficient (Wildman–Crippen LogP) is 0.918. The molecule has 0 radical (unpaired) electrons. The smallest absolute Gasteiger partial charge is 0.255 e. The predicted molar refractivity (Wildman–Crippen MR) is 95.5 cm³/mol. The Bertz CT molecular complexity index is 1000. The normalized spacial score (nSPS) is 17.1. The zero-order valence-electron chi connectivity index (χ0n) is 14.6. The number of carbonyl (C=O) groups excluding carboxylic acids is 1. The highest BCUT2D eigenvalue weighted by atomic mass is 16.5. The molecule has 27 heavy (non-hydrogen) atoms. The zero-order valence-corrected chi connectivity index (χ0v) is 14.6. The molecule has 0 amide bonds. The summed E-state index contributed by atoms with van der Waals surface area (Å²) in [5, 5.41) is 0. The fourth-order valence-corrected chi connectivity index (χ4v) is 2.95. The number of hydrogen-bond acceptors (Lipinski definition) is 8. The van der Waals surface area contributed by atoms with Gasteiger partial charge in [-0.25, -0.2) is 15.0 Å². The number of morpholine rings is 1. The van der Waals surface area contributed by atoms with E-state index in [0.717, 1.165) is 0 Å². The Hall–Kier alpha value is -3.33. The molecule has 1 saturated heterocycles. The summed E-state index contributed by atoms with van der Waals surface area (Å²) < 4.78 is 12.2. The summed E-state index contributed by atoms with van der Waals surface area (Å²) in [6, 6.07) is 6.38. The lowest BCUT2D eigenvalue weighted by molar-refractivity contribution is 0.0315. The quantitative estimate of drug-likeness (QED) is 0.627.